The van der Waals surface area contributed by atoms with E-state index in [9.17, 15) is 4.79 Å². The molecule has 1 amide bonds. The summed E-state index contributed by atoms with van der Waals surface area (Å²) >= 11 is 3.23. The van der Waals surface area contributed by atoms with E-state index in [1.807, 2.05) is 42.5 Å². The van der Waals surface area contributed by atoms with Gasteiger partial charge in [-0.2, -0.15) is 0 Å². The molecule has 6 heteroatoms. The predicted octanol–water partition coefficient (Wildman–Crippen LogP) is 5.91. The fourth-order valence-corrected chi connectivity index (χ4v) is 4.81. The van der Waals surface area contributed by atoms with Gasteiger partial charge in [-0.3, -0.25) is 9.69 Å². The molecule has 4 nitrogen and oxygen atoms in total. The van der Waals surface area contributed by atoms with Crippen molar-refractivity contribution in [2.45, 2.75) is 24.8 Å². The summed E-state index contributed by atoms with van der Waals surface area (Å²) in [4.78, 5) is 20.6. The second-order valence-corrected chi connectivity index (χ2v) is 8.62. The van der Waals surface area contributed by atoms with Crippen LogP contribution in [0.25, 0.3) is 10.2 Å². The number of furan rings is 1. The van der Waals surface area contributed by atoms with Crippen LogP contribution in [-0.4, -0.2) is 16.6 Å². The molecule has 4 rings (SSSR count). The van der Waals surface area contributed by atoms with Gasteiger partial charge in [-0.25, -0.2) is 4.98 Å². The topological polar surface area (TPSA) is 46.3 Å². The van der Waals surface area contributed by atoms with Crippen LogP contribution in [0.2, 0.25) is 0 Å². The van der Waals surface area contributed by atoms with E-state index in [2.05, 4.69) is 25.1 Å². The van der Waals surface area contributed by atoms with Crippen molar-refractivity contribution in [2.24, 2.45) is 0 Å². The Balaban J connectivity index is 1.52. The van der Waals surface area contributed by atoms with E-state index in [4.69, 9.17) is 9.40 Å². The second kappa shape index (κ2) is 8.63. The van der Waals surface area contributed by atoms with Crippen LogP contribution in [0.3, 0.4) is 0 Å². The Morgan fingerprint density at radius 2 is 2.00 bits per heavy atom. The highest BCUT2D eigenvalue weighted by Crippen LogP contribution is 2.31. The summed E-state index contributed by atoms with van der Waals surface area (Å²) in [5.41, 5.74) is 2.10. The third-order valence-electron chi connectivity index (χ3n) is 4.29. The molecule has 28 heavy (non-hydrogen) atoms. The molecule has 0 N–H and O–H groups in total. The number of anilines is 1. The van der Waals surface area contributed by atoms with Gasteiger partial charge in [0.25, 0.3) is 0 Å². The Morgan fingerprint density at radius 1 is 1.14 bits per heavy atom. The molecule has 0 saturated carbocycles. The van der Waals surface area contributed by atoms with Crippen LogP contribution >= 0.6 is 23.1 Å². The molecular weight excluding hydrogens is 388 g/mol. The van der Waals surface area contributed by atoms with Crippen molar-refractivity contribution < 1.29 is 9.21 Å². The summed E-state index contributed by atoms with van der Waals surface area (Å²) in [6, 6.07) is 20.0. The van der Waals surface area contributed by atoms with E-state index in [1.54, 1.807) is 34.3 Å². The van der Waals surface area contributed by atoms with Gasteiger partial charge < -0.3 is 4.42 Å². The van der Waals surface area contributed by atoms with Gasteiger partial charge in [-0.1, -0.05) is 35.6 Å². The Labute approximate surface area is 172 Å². The van der Waals surface area contributed by atoms with Gasteiger partial charge in [0.1, 0.15) is 5.76 Å². The summed E-state index contributed by atoms with van der Waals surface area (Å²) in [5, 5.41) is 0.715. The van der Waals surface area contributed by atoms with Gasteiger partial charge in [0.05, 0.1) is 23.0 Å². The fraction of sp³-hybridized carbons (Fsp3) is 0.182. The number of carbonyl (C=O) groups excluding carboxylic acids is 1. The number of aromatic nitrogens is 1. The molecule has 0 bridgehead atoms. The van der Waals surface area contributed by atoms with Crippen LogP contribution in [0.5, 0.6) is 0 Å². The first-order chi connectivity index (χ1) is 13.7. The Kier molecular flexibility index (Phi) is 5.78. The van der Waals surface area contributed by atoms with E-state index >= 15 is 0 Å². The highest BCUT2D eigenvalue weighted by Gasteiger charge is 2.21. The first-order valence-corrected chi connectivity index (χ1v) is 10.9. The van der Waals surface area contributed by atoms with Crippen LogP contribution in [0, 0.1) is 6.92 Å². The molecule has 4 aromatic rings. The normalized spacial score (nSPS) is 11.0. The Bertz CT molecular complexity index is 1060. The van der Waals surface area contributed by atoms with Gasteiger partial charge in [0.2, 0.25) is 5.91 Å². The smallest absolute Gasteiger partial charge is 0.230 e. The lowest BCUT2D eigenvalue weighted by Gasteiger charge is -2.18. The van der Waals surface area contributed by atoms with Crippen molar-refractivity contribution in [3.8, 4) is 0 Å². The number of thiazole rings is 1. The van der Waals surface area contributed by atoms with E-state index in [-0.39, 0.29) is 5.91 Å². The van der Waals surface area contributed by atoms with Crippen molar-refractivity contribution in [1.82, 2.24) is 4.98 Å². The molecular formula is C22H20N2O2S2. The average Bonchev–Trinajstić information content (AvgIpc) is 3.36. The number of amides is 1. The lowest BCUT2D eigenvalue weighted by Crippen LogP contribution is -2.30. The fourth-order valence-electron chi connectivity index (χ4n) is 2.86. The molecule has 2 aromatic heterocycles. The summed E-state index contributed by atoms with van der Waals surface area (Å²) in [6.07, 6.45) is 2.07. The maximum atomic E-state index is 13.0. The summed E-state index contributed by atoms with van der Waals surface area (Å²) in [7, 11) is 0. The van der Waals surface area contributed by atoms with Crippen molar-refractivity contribution in [2.75, 3.05) is 10.7 Å². The number of aryl methyl sites for hydroxylation is 1. The highest BCUT2D eigenvalue weighted by atomic mass is 32.2. The second-order valence-electron chi connectivity index (χ2n) is 6.44. The first-order valence-electron chi connectivity index (χ1n) is 9.07. The summed E-state index contributed by atoms with van der Waals surface area (Å²) < 4.78 is 6.57. The maximum Gasteiger partial charge on any atom is 0.230 e. The number of nitrogens with zero attached hydrogens (tertiary/aromatic N) is 2. The third-order valence-corrected chi connectivity index (χ3v) is 6.34. The van der Waals surface area contributed by atoms with E-state index in [0.717, 1.165) is 21.7 Å². The van der Waals surface area contributed by atoms with Gasteiger partial charge in [-0.15, -0.1) is 11.8 Å². The molecule has 2 heterocycles. The van der Waals surface area contributed by atoms with E-state index < -0.39 is 0 Å². The number of hydrogen-bond donors (Lipinski definition) is 0. The molecule has 2 aromatic carbocycles. The summed E-state index contributed by atoms with van der Waals surface area (Å²) in [5.74, 6) is 1.52. The minimum atomic E-state index is 0.0515. The zero-order valence-corrected chi connectivity index (χ0v) is 17.1. The third kappa shape index (κ3) is 4.46. The molecule has 0 atom stereocenters. The molecule has 142 valence electrons. The minimum Gasteiger partial charge on any atom is -0.467 e. The lowest BCUT2D eigenvalue weighted by molar-refractivity contribution is -0.118. The van der Waals surface area contributed by atoms with Crippen molar-refractivity contribution in [1.29, 1.82) is 0 Å². The van der Waals surface area contributed by atoms with Gasteiger partial charge in [0.15, 0.2) is 5.13 Å². The van der Waals surface area contributed by atoms with Gasteiger partial charge in [0, 0.05) is 17.1 Å². The first kappa shape index (κ1) is 18.8. The molecule has 0 spiro atoms. The van der Waals surface area contributed by atoms with Gasteiger partial charge >= 0.3 is 0 Å². The number of rotatable bonds is 7. The van der Waals surface area contributed by atoms with Crippen LogP contribution in [0.1, 0.15) is 17.7 Å². The monoisotopic (exact) mass is 408 g/mol. The molecule has 0 radical (unpaired) electrons. The molecule has 0 aliphatic rings. The van der Waals surface area contributed by atoms with Crippen molar-refractivity contribution in [3.63, 3.8) is 0 Å². The zero-order valence-electron chi connectivity index (χ0n) is 15.5. The molecule has 0 unspecified atom stereocenters. The molecule has 0 aliphatic heterocycles. The van der Waals surface area contributed by atoms with Gasteiger partial charge in [-0.05, 0) is 48.9 Å². The molecule has 0 aliphatic carbocycles. The van der Waals surface area contributed by atoms with Crippen LogP contribution < -0.4 is 4.90 Å². The number of benzene rings is 2. The largest absolute Gasteiger partial charge is 0.467 e. The van der Waals surface area contributed by atoms with Crippen LogP contribution in [-0.2, 0) is 11.3 Å². The van der Waals surface area contributed by atoms with Crippen LogP contribution in [0.4, 0.5) is 5.13 Å². The van der Waals surface area contributed by atoms with Crippen LogP contribution in [0.15, 0.2) is 76.2 Å². The van der Waals surface area contributed by atoms with E-state index in [1.165, 1.54) is 10.5 Å². The molecule has 0 fully saturated rings. The SMILES string of the molecule is Cc1ccc2nc(N(Cc3ccco3)C(=O)CCSc3ccccc3)sc2c1. The van der Waals surface area contributed by atoms with Crippen molar-refractivity contribution >= 4 is 44.4 Å². The quantitative estimate of drug-likeness (QED) is 0.357. The highest BCUT2D eigenvalue weighted by molar-refractivity contribution is 7.99. The van der Waals surface area contributed by atoms with Crippen molar-refractivity contribution in [3.05, 3.63) is 78.3 Å². The number of carbonyl (C=O) groups is 1. The van der Waals surface area contributed by atoms with E-state index in [0.29, 0.717) is 18.1 Å². The Hall–Kier alpha value is -2.57. The number of thioether (sulfide) groups is 1. The summed E-state index contributed by atoms with van der Waals surface area (Å²) in [6.45, 7) is 2.45. The lowest BCUT2D eigenvalue weighted by atomic mass is 10.2. The minimum absolute atomic E-state index is 0.0515. The average molecular weight is 409 g/mol. The standard InChI is InChI=1S/C22H20N2O2S2/c1-16-9-10-19-20(14-16)28-22(23-19)24(15-17-6-5-12-26-17)21(25)11-13-27-18-7-3-2-4-8-18/h2-10,12,14H,11,13,15H2,1H3. The Morgan fingerprint density at radius 3 is 2.79 bits per heavy atom. The zero-order chi connectivity index (χ0) is 19.3. The molecule has 0 saturated heterocycles. The number of fused-ring (bicyclic) bond motifs is 1. The maximum absolute atomic E-state index is 13.0. The predicted molar refractivity (Wildman–Crippen MR) is 116 cm³/mol. The number of hydrogen-bond acceptors (Lipinski definition) is 5.